The minimum Gasteiger partial charge on any atom is -0.354 e. The van der Waals surface area contributed by atoms with Gasteiger partial charge in [-0.2, -0.15) is 13.2 Å². The first-order valence-corrected chi connectivity index (χ1v) is 8.93. The SMILES string of the molecule is Fc1ccc(-c2nnn(CN3CCN(c4ccc(C(F)(F)F)cn4)CC3)n2)cc1. The lowest BCUT2D eigenvalue weighted by atomic mass is 10.2. The van der Waals surface area contributed by atoms with Crippen LogP contribution in [-0.4, -0.2) is 56.3 Å². The minimum absolute atomic E-state index is 0.332. The Kier molecular flexibility index (Phi) is 5.14. The Morgan fingerprint density at radius 3 is 2.28 bits per heavy atom. The van der Waals surface area contributed by atoms with E-state index in [9.17, 15) is 17.6 Å². The lowest BCUT2D eigenvalue weighted by Gasteiger charge is -2.34. The van der Waals surface area contributed by atoms with E-state index >= 15 is 0 Å². The standard InChI is InChI=1S/C18H17F4N7/c19-15-4-1-13(2-5-15)17-24-26-29(25-17)12-27-7-9-28(10-8-27)16-6-3-14(11-23-16)18(20,21)22/h1-6,11H,7-10,12H2. The fourth-order valence-electron chi connectivity index (χ4n) is 3.06. The molecule has 7 nitrogen and oxygen atoms in total. The fraction of sp³-hybridized carbons (Fsp3) is 0.333. The van der Waals surface area contributed by atoms with Gasteiger partial charge in [-0.05, 0) is 41.6 Å². The Hall–Kier alpha value is -3.08. The molecule has 1 aliphatic heterocycles. The van der Waals surface area contributed by atoms with Crippen LogP contribution < -0.4 is 4.90 Å². The van der Waals surface area contributed by atoms with E-state index in [-0.39, 0.29) is 5.82 Å². The van der Waals surface area contributed by atoms with Gasteiger partial charge in [-0.3, -0.25) is 4.90 Å². The number of hydrogen-bond acceptors (Lipinski definition) is 6. The second kappa shape index (κ2) is 7.74. The number of rotatable bonds is 4. The van der Waals surface area contributed by atoms with Gasteiger partial charge in [-0.1, -0.05) is 0 Å². The third kappa shape index (κ3) is 4.50. The summed E-state index contributed by atoms with van der Waals surface area (Å²) in [5.41, 5.74) is -0.0788. The number of hydrogen-bond donors (Lipinski definition) is 0. The maximum absolute atomic E-state index is 13.0. The predicted octanol–water partition coefficient (Wildman–Crippen LogP) is 2.67. The number of tetrazole rings is 1. The molecule has 0 spiro atoms. The summed E-state index contributed by atoms with van der Waals surface area (Å²) in [4.78, 5) is 9.45. The molecule has 1 aromatic carbocycles. The zero-order valence-electron chi connectivity index (χ0n) is 15.2. The largest absolute Gasteiger partial charge is 0.417 e. The molecule has 0 aliphatic carbocycles. The maximum Gasteiger partial charge on any atom is 0.417 e. The minimum atomic E-state index is -4.39. The van der Waals surface area contributed by atoms with Crippen molar-refractivity contribution in [1.82, 2.24) is 30.1 Å². The molecule has 1 aliphatic rings. The van der Waals surface area contributed by atoms with Gasteiger partial charge in [0.1, 0.15) is 18.3 Å². The summed E-state index contributed by atoms with van der Waals surface area (Å²) >= 11 is 0. The highest BCUT2D eigenvalue weighted by molar-refractivity contribution is 5.53. The van der Waals surface area contributed by atoms with Crippen molar-refractivity contribution in [2.24, 2.45) is 0 Å². The van der Waals surface area contributed by atoms with E-state index in [0.717, 1.165) is 12.3 Å². The Morgan fingerprint density at radius 1 is 0.931 bits per heavy atom. The van der Waals surface area contributed by atoms with E-state index < -0.39 is 11.7 Å². The second-order valence-electron chi connectivity index (χ2n) is 6.64. The lowest BCUT2D eigenvalue weighted by molar-refractivity contribution is -0.137. The number of nitrogens with zero attached hydrogens (tertiary/aromatic N) is 7. The summed E-state index contributed by atoms with van der Waals surface area (Å²) in [5.74, 6) is 0.606. The van der Waals surface area contributed by atoms with Crippen molar-refractivity contribution in [3.05, 3.63) is 54.0 Å². The molecule has 11 heteroatoms. The summed E-state index contributed by atoms with van der Waals surface area (Å²) in [6, 6.07) is 8.30. The van der Waals surface area contributed by atoms with E-state index in [0.29, 0.717) is 50.1 Å². The quantitative estimate of drug-likeness (QED) is 0.620. The first kappa shape index (κ1) is 19.2. The van der Waals surface area contributed by atoms with Gasteiger partial charge in [0.05, 0.1) is 5.56 Å². The Balaban J connectivity index is 1.33. The zero-order chi connectivity index (χ0) is 20.4. The highest BCUT2D eigenvalue weighted by Crippen LogP contribution is 2.29. The van der Waals surface area contributed by atoms with Crippen LogP contribution in [0.1, 0.15) is 5.56 Å². The van der Waals surface area contributed by atoms with E-state index in [1.807, 2.05) is 4.90 Å². The summed E-state index contributed by atoms with van der Waals surface area (Å²) in [5, 5.41) is 12.3. The monoisotopic (exact) mass is 407 g/mol. The molecule has 1 saturated heterocycles. The fourth-order valence-corrected chi connectivity index (χ4v) is 3.06. The van der Waals surface area contributed by atoms with Crippen LogP contribution in [0.3, 0.4) is 0 Å². The smallest absolute Gasteiger partial charge is 0.354 e. The van der Waals surface area contributed by atoms with E-state index in [2.05, 4.69) is 25.3 Å². The second-order valence-corrected chi connectivity index (χ2v) is 6.64. The number of anilines is 1. The van der Waals surface area contributed by atoms with Crippen molar-refractivity contribution in [1.29, 1.82) is 0 Å². The summed E-state index contributed by atoms with van der Waals surface area (Å²) in [7, 11) is 0. The molecular formula is C18H17F4N7. The normalized spacial score (nSPS) is 15.7. The van der Waals surface area contributed by atoms with Crippen LogP contribution in [0, 0.1) is 5.82 Å². The van der Waals surface area contributed by atoms with Crippen LogP contribution in [0.15, 0.2) is 42.6 Å². The van der Waals surface area contributed by atoms with Gasteiger partial charge < -0.3 is 4.90 Å². The molecule has 0 atom stereocenters. The van der Waals surface area contributed by atoms with Crippen molar-refractivity contribution >= 4 is 5.82 Å². The topological polar surface area (TPSA) is 63.0 Å². The molecule has 4 rings (SSSR count). The Bertz CT molecular complexity index is 946. The molecule has 0 unspecified atom stereocenters. The van der Waals surface area contributed by atoms with Crippen LogP contribution in [0.4, 0.5) is 23.4 Å². The van der Waals surface area contributed by atoms with Crippen molar-refractivity contribution < 1.29 is 17.6 Å². The molecule has 0 N–H and O–H groups in total. The van der Waals surface area contributed by atoms with E-state index in [4.69, 9.17) is 0 Å². The van der Waals surface area contributed by atoms with E-state index in [1.165, 1.54) is 23.0 Å². The Morgan fingerprint density at radius 2 is 1.66 bits per heavy atom. The molecule has 0 saturated carbocycles. The first-order chi connectivity index (χ1) is 13.9. The third-order valence-electron chi connectivity index (χ3n) is 4.65. The van der Waals surface area contributed by atoms with Crippen molar-refractivity contribution in [2.75, 3.05) is 31.1 Å². The van der Waals surface area contributed by atoms with Gasteiger partial charge in [0.2, 0.25) is 5.82 Å². The molecule has 0 amide bonds. The third-order valence-corrected chi connectivity index (χ3v) is 4.65. The molecule has 0 radical (unpaired) electrons. The van der Waals surface area contributed by atoms with Gasteiger partial charge in [0.25, 0.3) is 0 Å². The summed E-state index contributed by atoms with van der Waals surface area (Å²) < 4.78 is 51.0. The molecule has 29 heavy (non-hydrogen) atoms. The highest BCUT2D eigenvalue weighted by Gasteiger charge is 2.31. The average Bonchev–Trinajstić information content (AvgIpc) is 3.17. The van der Waals surface area contributed by atoms with Gasteiger partial charge in [0.15, 0.2) is 0 Å². The van der Waals surface area contributed by atoms with Crippen LogP contribution in [0.2, 0.25) is 0 Å². The Labute approximate surface area is 163 Å². The average molecular weight is 407 g/mol. The number of pyridine rings is 1. The van der Waals surface area contributed by atoms with Gasteiger partial charge in [0, 0.05) is 37.9 Å². The molecular weight excluding hydrogens is 390 g/mol. The molecule has 0 bridgehead atoms. The molecule has 1 fully saturated rings. The molecule has 3 aromatic rings. The number of alkyl halides is 3. The lowest BCUT2D eigenvalue weighted by Crippen LogP contribution is -2.47. The maximum atomic E-state index is 13.0. The predicted molar refractivity (Wildman–Crippen MR) is 96.2 cm³/mol. The van der Waals surface area contributed by atoms with Crippen LogP contribution in [0.5, 0.6) is 0 Å². The number of halogens is 4. The van der Waals surface area contributed by atoms with Crippen molar-refractivity contribution in [2.45, 2.75) is 12.8 Å². The molecule has 2 aromatic heterocycles. The highest BCUT2D eigenvalue weighted by atomic mass is 19.4. The first-order valence-electron chi connectivity index (χ1n) is 8.93. The van der Waals surface area contributed by atoms with Crippen LogP contribution in [-0.2, 0) is 12.8 Å². The van der Waals surface area contributed by atoms with Crippen LogP contribution >= 0.6 is 0 Å². The zero-order valence-corrected chi connectivity index (χ0v) is 15.2. The van der Waals surface area contributed by atoms with Gasteiger partial charge >= 0.3 is 6.18 Å². The summed E-state index contributed by atoms with van der Waals surface area (Å²) in [6.45, 7) is 3.03. The van der Waals surface area contributed by atoms with Gasteiger partial charge in [-0.25, -0.2) is 9.37 Å². The number of aromatic nitrogens is 5. The number of piperazine rings is 1. The summed E-state index contributed by atoms with van der Waals surface area (Å²) in [6.07, 6.45) is -3.53. The van der Waals surface area contributed by atoms with E-state index in [1.54, 1.807) is 12.1 Å². The van der Waals surface area contributed by atoms with Crippen molar-refractivity contribution in [3.63, 3.8) is 0 Å². The molecule has 152 valence electrons. The van der Waals surface area contributed by atoms with Crippen LogP contribution in [0.25, 0.3) is 11.4 Å². The van der Waals surface area contributed by atoms with Gasteiger partial charge in [-0.15, -0.1) is 15.0 Å². The van der Waals surface area contributed by atoms with Crippen molar-refractivity contribution in [3.8, 4) is 11.4 Å². The molecule has 3 heterocycles. The number of benzene rings is 1.